The van der Waals surface area contributed by atoms with Gasteiger partial charge in [-0.25, -0.2) is 4.79 Å². The van der Waals surface area contributed by atoms with E-state index in [9.17, 15) is 4.79 Å². The molecule has 31 heavy (non-hydrogen) atoms. The summed E-state index contributed by atoms with van der Waals surface area (Å²) < 4.78 is 6.00. The Morgan fingerprint density at radius 1 is 0.839 bits per heavy atom. The van der Waals surface area contributed by atoms with Crippen molar-refractivity contribution in [3.05, 3.63) is 11.6 Å². The lowest BCUT2D eigenvalue weighted by atomic mass is 9.69. The topological polar surface area (TPSA) is 46.5 Å². The molecule has 2 saturated carbocycles. The molecule has 0 saturated heterocycles. The maximum absolute atomic E-state index is 10.7. The maximum atomic E-state index is 10.7. The van der Waals surface area contributed by atoms with Crippen LogP contribution in [0.25, 0.3) is 0 Å². The Hall–Kier alpha value is -0.830. The van der Waals surface area contributed by atoms with Crippen molar-refractivity contribution >= 4 is 5.97 Å². The Morgan fingerprint density at radius 3 is 2.06 bits per heavy atom. The van der Waals surface area contributed by atoms with Crippen LogP contribution >= 0.6 is 0 Å². The fourth-order valence-corrected chi connectivity index (χ4v) is 5.82. The van der Waals surface area contributed by atoms with Crippen molar-refractivity contribution in [3.8, 4) is 0 Å². The molecular weight excluding hydrogens is 384 g/mol. The third-order valence-electron chi connectivity index (χ3n) is 8.05. The molecule has 0 atom stereocenters. The fourth-order valence-electron chi connectivity index (χ4n) is 5.82. The number of ether oxygens (including phenoxy) is 1. The minimum atomic E-state index is -0.799. The van der Waals surface area contributed by atoms with Gasteiger partial charge in [-0.1, -0.05) is 64.4 Å². The summed E-state index contributed by atoms with van der Waals surface area (Å²) in [5, 5.41) is 8.83. The first-order chi connectivity index (χ1) is 15.1. The normalized spacial score (nSPS) is 27.4. The number of aliphatic carboxylic acids is 1. The Labute approximate surface area is 192 Å². The van der Waals surface area contributed by atoms with E-state index < -0.39 is 5.97 Å². The second-order valence-corrected chi connectivity index (χ2v) is 10.5. The summed E-state index contributed by atoms with van der Waals surface area (Å²) in [4.78, 5) is 10.7. The molecule has 180 valence electrons. The SMILES string of the molecule is CCCCCC1CCC(C2CCC(COCCCCCCC=C(C)C(=O)O)CC2)CC1. The van der Waals surface area contributed by atoms with Crippen LogP contribution in [-0.2, 0) is 9.53 Å². The maximum Gasteiger partial charge on any atom is 0.330 e. The van der Waals surface area contributed by atoms with E-state index in [1.54, 1.807) is 6.92 Å². The number of unbranched alkanes of at least 4 members (excludes halogenated alkanes) is 6. The third-order valence-corrected chi connectivity index (χ3v) is 8.05. The van der Waals surface area contributed by atoms with Crippen LogP contribution < -0.4 is 0 Å². The predicted octanol–water partition coefficient (Wildman–Crippen LogP) is 8.18. The molecule has 0 heterocycles. The summed E-state index contributed by atoms with van der Waals surface area (Å²) >= 11 is 0. The number of rotatable bonds is 15. The smallest absolute Gasteiger partial charge is 0.330 e. The van der Waals surface area contributed by atoms with Crippen molar-refractivity contribution < 1.29 is 14.6 Å². The summed E-state index contributed by atoms with van der Waals surface area (Å²) in [6, 6.07) is 0. The number of carboxylic acid groups (broad SMARTS) is 1. The second-order valence-electron chi connectivity index (χ2n) is 10.5. The average molecular weight is 435 g/mol. The van der Waals surface area contributed by atoms with E-state index in [0.717, 1.165) is 56.1 Å². The number of carbonyl (C=O) groups is 1. The molecule has 0 bridgehead atoms. The largest absolute Gasteiger partial charge is 0.478 e. The molecule has 2 aliphatic carbocycles. The van der Waals surface area contributed by atoms with Crippen LogP contribution in [0.4, 0.5) is 0 Å². The number of hydrogen-bond donors (Lipinski definition) is 1. The molecular formula is C28H50O3. The van der Waals surface area contributed by atoms with E-state index >= 15 is 0 Å². The Kier molecular flexibility index (Phi) is 13.5. The molecule has 1 N–H and O–H groups in total. The Balaban J connectivity index is 1.43. The molecule has 0 radical (unpaired) electrons. The van der Waals surface area contributed by atoms with E-state index in [4.69, 9.17) is 9.84 Å². The second kappa shape index (κ2) is 15.9. The highest BCUT2D eigenvalue weighted by molar-refractivity contribution is 5.85. The lowest BCUT2D eigenvalue weighted by Crippen LogP contribution is -2.27. The molecule has 0 spiro atoms. The van der Waals surface area contributed by atoms with Gasteiger partial charge in [0, 0.05) is 18.8 Å². The van der Waals surface area contributed by atoms with E-state index in [1.807, 2.05) is 6.08 Å². The van der Waals surface area contributed by atoms with Gasteiger partial charge in [-0.05, 0) is 88.4 Å². The molecule has 0 aliphatic heterocycles. The number of carboxylic acids is 1. The van der Waals surface area contributed by atoms with Crippen molar-refractivity contribution in [1.82, 2.24) is 0 Å². The summed E-state index contributed by atoms with van der Waals surface area (Å²) in [6.07, 6.45) is 24.7. The highest BCUT2D eigenvalue weighted by atomic mass is 16.5. The monoisotopic (exact) mass is 434 g/mol. The summed E-state index contributed by atoms with van der Waals surface area (Å²) in [7, 11) is 0. The van der Waals surface area contributed by atoms with Crippen LogP contribution in [-0.4, -0.2) is 24.3 Å². The van der Waals surface area contributed by atoms with Gasteiger partial charge in [0.15, 0.2) is 0 Å². The average Bonchev–Trinajstić information content (AvgIpc) is 2.79. The molecule has 0 aromatic carbocycles. The molecule has 2 rings (SSSR count). The third kappa shape index (κ3) is 11.0. The molecule has 0 aromatic rings. The van der Waals surface area contributed by atoms with Crippen LogP contribution in [0.1, 0.15) is 123 Å². The van der Waals surface area contributed by atoms with Crippen LogP contribution in [0.3, 0.4) is 0 Å². The fraction of sp³-hybridized carbons (Fsp3) is 0.893. The lowest BCUT2D eigenvalue weighted by molar-refractivity contribution is -0.132. The Bertz CT molecular complexity index is 496. The van der Waals surface area contributed by atoms with Gasteiger partial charge in [-0.3, -0.25) is 0 Å². The first-order valence-corrected chi connectivity index (χ1v) is 13.6. The van der Waals surface area contributed by atoms with Crippen LogP contribution in [0.2, 0.25) is 0 Å². The van der Waals surface area contributed by atoms with E-state index in [0.29, 0.717) is 5.57 Å². The molecule has 3 nitrogen and oxygen atoms in total. The highest BCUT2D eigenvalue weighted by Crippen LogP contribution is 2.42. The van der Waals surface area contributed by atoms with Gasteiger partial charge in [0.2, 0.25) is 0 Å². The zero-order valence-electron chi connectivity index (χ0n) is 20.6. The molecule has 0 unspecified atom stereocenters. The number of allylic oxidation sites excluding steroid dienone is 1. The van der Waals surface area contributed by atoms with Crippen LogP contribution in [0, 0.1) is 23.7 Å². The van der Waals surface area contributed by atoms with Crippen molar-refractivity contribution in [2.75, 3.05) is 13.2 Å². The van der Waals surface area contributed by atoms with Gasteiger partial charge in [-0.15, -0.1) is 0 Å². The summed E-state index contributed by atoms with van der Waals surface area (Å²) in [6.45, 7) is 5.85. The Morgan fingerprint density at radius 2 is 1.45 bits per heavy atom. The quantitative estimate of drug-likeness (QED) is 0.209. The molecule has 2 fully saturated rings. The van der Waals surface area contributed by atoms with Crippen molar-refractivity contribution in [1.29, 1.82) is 0 Å². The van der Waals surface area contributed by atoms with Gasteiger partial charge < -0.3 is 9.84 Å². The van der Waals surface area contributed by atoms with Crippen molar-refractivity contribution in [2.45, 2.75) is 123 Å². The minimum Gasteiger partial charge on any atom is -0.478 e. The summed E-state index contributed by atoms with van der Waals surface area (Å²) in [5.74, 6) is 3.07. The van der Waals surface area contributed by atoms with Gasteiger partial charge >= 0.3 is 5.97 Å². The van der Waals surface area contributed by atoms with Gasteiger partial charge in [0.05, 0.1) is 0 Å². The zero-order valence-corrected chi connectivity index (χ0v) is 20.6. The zero-order chi connectivity index (χ0) is 22.3. The molecule has 0 amide bonds. The first kappa shape index (κ1) is 26.4. The van der Waals surface area contributed by atoms with Gasteiger partial charge in [0.25, 0.3) is 0 Å². The van der Waals surface area contributed by atoms with Crippen LogP contribution in [0.5, 0.6) is 0 Å². The molecule has 0 aromatic heterocycles. The molecule has 3 heteroatoms. The number of hydrogen-bond acceptors (Lipinski definition) is 2. The van der Waals surface area contributed by atoms with Gasteiger partial charge in [0.1, 0.15) is 0 Å². The standard InChI is InChI=1S/C28H50O3/c1-3-4-8-12-24-13-17-26(18-14-24)27-19-15-25(16-20-27)22-31-21-10-7-5-6-9-11-23(2)28(29)30/h11,24-27H,3-10,12-22H2,1-2H3,(H,29,30). The van der Waals surface area contributed by atoms with E-state index in [-0.39, 0.29) is 0 Å². The first-order valence-electron chi connectivity index (χ1n) is 13.6. The molecule has 2 aliphatic rings. The van der Waals surface area contributed by atoms with Crippen LogP contribution in [0.15, 0.2) is 11.6 Å². The predicted molar refractivity (Wildman–Crippen MR) is 130 cm³/mol. The minimum absolute atomic E-state index is 0.466. The summed E-state index contributed by atoms with van der Waals surface area (Å²) in [5.41, 5.74) is 0.466. The van der Waals surface area contributed by atoms with Gasteiger partial charge in [-0.2, -0.15) is 0 Å². The highest BCUT2D eigenvalue weighted by Gasteiger charge is 2.30. The van der Waals surface area contributed by atoms with E-state index in [1.165, 1.54) is 89.9 Å². The van der Waals surface area contributed by atoms with E-state index in [2.05, 4.69) is 6.92 Å². The lowest BCUT2D eigenvalue weighted by Gasteiger charge is -2.38. The van der Waals surface area contributed by atoms with Crippen molar-refractivity contribution in [3.63, 3.8) is 0 Å². The van der Waals surface area contributed by atoms with Crippen molar-refractivity contribution in [2.24, 2.45) is 23.7 Å².